The van der Waals surface area contributed by atoms with Crippen LogP contribution in [0.4, 0.5) is 0 Å². The number of hydrogen-bond acceptors (Lipinski definition) is 19. The number of ether oxygens (including phenoxy) is 7. The minimum Gasteiger partial charge on any atom is -0.462 e. The number of rotatable bonds is 90. The molecule has 24 heteroatoms. The Morgan fingerprint density at radius 2 is 0.659 bits per heavy atom. The van der Waals surface area contributed by atoms with Gasteiger partial charge in [-0.25, -0.2) is 4.57 Å². The Bertz CT molecular complexity index is 2620. The molecule has 0 spiro atoms. The standard InChI is InChI=1S/C102H193N2O21P/c1-7-13-19-25-31-37-43-45-51-57-63-69-75-93(110)120-86(73-67-61-55-49-41-35-29-23-17-11-5)79-92(109)104-97-101(124-96(113)80-87(74-68-62-56-50-42-36-30-24-18-12-6)121-94(111)76-70-64-58-52-46-44-38-32-26-20-14-8-2)100(125-126(115,116)117)89(81-105)122-102(97)119-83-90-98(114)99(123-95(112)78-85(107)72-66-60-54-48-40-34-28-22-16-10-4)88(82-118-90)103-91(108)77-84(106)71-65-59-53-47-39-33-27-21-15-9-3/h84-90,97-102,105-107,114H,7-83H2,1-6H3,(H,103,108)(H,104,109)(H2,115,116,117)/t84-,85-,86-,87-,88?,89?,90?,97?,98-,99?,100-,101?,102-/m1/s1. The van der Waals surface area contributed by atoms with E-state index in [1.807, 2.05) is 0 Å². The number of esters is 4. The summed E-state index contributed by atoms with van der Waals surface area (Å²) < 4.78 is 62.6. The van der Waals surface area contributed by atoms with Crippen LogP contribution in [0.25, 0.3) is 0 Å². The Labute approximate surface area is 767 Å². The van der Waals surface area contributed by atoms with Crippen LogP contribution >= 0.6 is 7.82 Å². The van der Waals surface area contributed by atoms with E-state index >= 15 is 9.59 Å². The zero-order chi connectivity index (χ0) is 92.0. The maximum absolute atomic E-state index is 15.2. The Hall–Kier alpha value is -3.35. The topological polar surface area (TPSA) is 339 Å². The van der Waals surface area contributed by atoms with Crippen molar-refractivity contribution >= 4 is 43.5 Å². The average molecular weight is 1810 g/mol. The predicted molar refractivity (Wildman–Crippen MR) is 505 cm³/mol. The van der Waals surface area contributed by atoms with E-state index in [2.05, 4.69) is 52.2 Å². The molecule has 0 radical (unpaired) electrons. The van der Waals surface area contributed by atoms with Crippen LogP contribution in [0.5, 0.6) is 0 Å². The first kappa shape index (κ1) is 119. The number of carbonyl (C=O) groups is 6. The van der Waals surface area contributed by atoms with E-state index in [9.17, 15) is 54.0 Å². The lowest BCUT2D eigenvalue weighted by molar-refractivity contribution is -0.282. The van der Waals surface area contributed by atoms with Crippen LogP contribution in [-0.2, 0) is 71.0 Å². The minimum absolute atomic E-state index is 0.128. The molecule has 742 valence electrons. The summed E-state index contributed by atoms with van der Waals surface area (Å²) in [7, 11) is -5.59. The molecule has 6 unspecified atom stereocenters. The molecule has 13 atom stereocenters. The lowest BCUT2D eigenvalue weighted by Gasteiger charge is -2.46. The second-order valence-corrected chi connectivity index (χ2v) is 38.9. The first-order chi connectivity index (χ1) is 61.2. The van der Waals surface area contributed by atoms with E-state index in [1.54, 1.807) is 0 Å². The zero-order valence-corrected chi connectivity index (χ0v) is 82.1. The van der Waals surface area contributed by atoms with Gasteiger partial charge in [0.05, 0.1) is 63.8 Å². The molecular weight excluding hydrogens is 1620 g/mol. The number of unbranched alkanes of at least 4 members (excludes halogenated alkanes) is 58. The first-order valence-corrected chi connectivity index (χ1v) is 54.4. The number of hydrogen-bond donors (Lipinski definition) is 8. The van der Waals surface area contributed by atoms with Crippen LogP contribution in [0.2, 0.25) is 0 Å². The van der Waals surface area contributed by atoms with E-state index < -0.39 is 155 Å². The summed E-state index contributed by atoms with van der Waals surface area (Å²) in [5.41, 5.74) is 0. The van der Waals surface area contributed by atoms with Crippen molar-refractivity contribution in [2.45, 2.75) is 596 Å². The maximum Gasteiger partial charge on any atom is 0.470 e. The van der Waals surface area contributed by atoms with Crippen molar-refractivity contribution < 1.29 is 101 Å². The Kier molecular flexibility index (Phi) is 77.6. The normalized spacial score (nSPS) is 19.4. The molecule has 2 amide bonds. The van der Waals surface area contributed by atoms with Crippen molar-refractivity contribution in [3.63, 3.8) is 0 Å². The van der Waals surface area contributed by atoms with Crippen LogP contribution in [-0.4, -0.2) is 165 Å². The Morgan fingerprint density at radius 1 is 0.357 bits per heavy atom. The third-order valence-corrected chi connectivity index (χ3v) is 26.1. The van der Waals surface area contributed by atoms with Gasteiger partial charge in [0.2, 0.25) is 11.8 Å². The number of nitrogens with one attached hydrogen (secondary N) is 2. The molecule has 126 heavy (non-hydrogen) atoms. The van der Waals surface area contributed by atoms with E-state index in [0.717, 1.165) is 173 Å². The van der Waals surface area contributed by atoms with Gasteiger partial charge in [-0.1, -0.05) is 427 Å². The summed E-state index contributed by atoms with van der Waals surface area (Å²) in [6, 6.07) is -2.92. The Morgan fingerprint density at radius 3 is 1.01 bits per heavy atom. The molecule has 0 aromatic rings. The van der Waals surface area contributed by atoms with Crippen molar-refractivity contribution in [1.29, 1.82) is 0 Å². The first-order valence-electron chi connectivity index (χ1n) is 52.9. The summed E-state index contributed by atoms with van der Waals surface area (Å²) >= 11 is 0. The molecule has 2 rings (SSSR count). The highest BCUT2D eigenvalue weighted by Crippen LogP contribution is 2.43. The molecule has 2 fully saturated rings. The molecule has 2 aliphatic rings. The van der Waals surface area contributed by atoms with E-state index in [-0.39, 0.29) is 25.9 Å². The highest BCUT2D eigenvalue weighted by Gasteiger charge is 2.53. The SMILES string of the molecule is CCCCCCCCCCCCCCC(=O)O[C@H](CCCCCCCCCCCC)CC(=O)NC1C(OC(=O)C[C@@H](CCCCCCCCCCCC)OC(=O)CCCCCCCCCCCCCC)[C@H](OP(=O)(O)O)C(CO)O[C@H]1OCC1OCC(NC(=O)C[C@H](O)CCCCCCCCCCCC)C(OC(=O)C[C@H](O)CCCCCCCCCCCC)[C@@H]1O. The van der Waals surface area contributed by atoms with E-state index in [1.165, 1.54) is 205 Å². The van der Waals surface area contributed by atoms with Crippen LogP contribution in [0.1, 0.15) is 517 Å². The van der Waals surface area contributed by atoms with Crippen LogP contribution in [0.15, 0.2) is 0 Å². The highest BCUT2D eigenvalue weighted by atomic mass is 31.2. The minimum atomic E-state index is -5.59. The van der Waals surface area contributed by atoms with Crippen molar-refractivity contribution in [3.05, 3.63) is 0 Å². The molecule has 2 heterocycles. The molecule has 0 aliphatic carbocycles. The van der Waals surface area contributed by atoms with Gasteiger partial charge in [0.25, 0.3) is 0 Å². The van der Waals surface area contributed by atoms with Gasteiger partial charge in [0.15, 0.2) is 18.5 Å². The van der Waals surface area contributed by atoms with Crippen molar-refractivity contribution in [2.24, 2.45) is 0 Å². The van der Waals surface area contributed by atoms with Gasteiger partial charge < -0.3 is 74.0 Å². The van der Waals surface area contributed by atoms with Gasteiger partial charge in [-0.15, -0.1) is 0 Å². The summed E-state index contributed by atoms with van der Waals surface area (Å²) in [5, 5.41) is 51.8. The fourth-order valence-corrected chi connectivity index (χ4v) is 18.3. The van der Waals surface area contributed by atoms with E-state index in [0.29, 0.717) is 57.8 Å². The van der Waals surface area contributed by atoms with Gasteiger partial charge in [-0.3, -0.25) is 33.3 Å². The summed E-state index contributed by atoms with van der Waals surface area (Å²) in [6.45, 7) is 11.2. The number of phosphoric ester groups is 1. The van der Waals surface area contributed by atoms with Crippen molar-refractivity contribution in [2.75, 3.05) is 19.8 Å². The third kappa shape index (κ3) is 66.1. The number of aliphatic hydroxyl groups is 4. The number of aliphatic hydroxyl groups excluding tert-OH is 4. The molecule has 23 nitrogen and oxygen atoms in total. The molecule has 2 saturated heterocycles. The predicted octanol–water partition coefficient (Wildman–Crippen LogP) is 24.3. The molecule has 0 aromatic heterocycles. The molecule has 2 aliphatic heterocycles. The summed E-state index contributed by atoms with van der Waals surface area (Å²) in [5.74, 6) is -4.14. The van der Waals surface area contributed by atoms with E-state index in [4.69, 9.17) is 37.7 Å². The van der Waals surface area contributed by atoms with Crippen molar-refractivity contribution in [1.82, 2.24) is 10.6 Å². The fraction of sp³-hybridized carbons (Fsp3) is 0.941. The zero-order valence-electron chi connectivity index (χ0n) is 81.2. The van der Waals surface area contributed by atoms with Gasteiger partial charge in [-0.2, -0.15) is 0 Å². The molecule has 8 N–H and O–H groups in total. The van der Waals surface area contributed by atoms with Crippen molar-refractivity contribution in [3.8, 4) is 0 Å². The lowest BCUT2D eigenvalue weighted by atomic mass is 9.95. The lowest BCUT2D eigenvalue weighted by Crippen LogP contribution is -2.67. The average Bonchev–Trinajstić information content (AvgIpc) is 0.756. The number of amides is 2. The fourth-order valence-electron chi connectivity index (χ4n) is 17.7. The number of carbonyl (C=O) groups excluding carboxylic acids is 6. The summed E-state index contributed by atoms with van der Waals surface area (Å²) in [4.78, 5) is 107. The van der Waals surface area contributed by atoms with Crippen LogP contribution in [0.3, 0.4) is 0 Å². The van der Waals surface area contributed by atoms with Crippen LogP contribution < -0.4 is 10.6 Å². The van der Waals surface area contributed by atoms with Gasteiger partial charge in [-0.05, 0) is 51.4 Å². The molecular formula is C102H193N2O21P. The molecule has 0 aromatic carbocycles. The molecule has 0 saturated carbocycles. The van der Waals surface area contributed by atoms with Gasteiger partial charge in [0, 0.05) is 12.8 Å². The third-order valence-electron chi connectivity index (χ3n) is 25.6. The highest BCUT2D eigenvalue weighted by molar-refractivity contribution is 7.46. The van der Waals surface area contributed by atoms with Gasteiger partial charge >= 0.3 is 31.7 Å². The second-order valence-electron chi connectivity index (χ2n) is 37.7. The molecule has 0 bridgehead atoms. The number of phosphoric acid groups is 1. The summed E-state index contributed by atoms with van der Waals surface area (Å²) in [6.07, 6.45) is 53.3. The largest absolute Gasteiger partial charge is 0.470 e. The maximum atomic E-state index is 15.2. The second kappa shape index (κ2) is 82.3. The van der Waals surface area contributed by atoms with Gasteiger partial charge in [0.1, 0.15) is 42.7 Å². The smallest absolute Gasteiger partial charge is 0.462 e. The monoisotopic (exact) mass is 1810 g/mol. The van der Waals surface area contributed by atoms with Crippen LogP contribution in [0, 0.1) is 0 Å². The quantitative estimate of drug-likeness (QED) is 0.0121. The Balaban J connectivity index is 2.70.